The quantitative estimate of drug-likeness (QED) is 0.639. The number of ketones is 1. The van der Waals surface area contributed by atoms with E-state index in [1.165, 1.54) is 32.1 Å². The molecule has 1 aliphatic rings. The van der Waals surface area contributed by atoms with Gasteiger partial charge in [-0.25, -0.2) is 0 Å². The van der Waals surface area contributed by atoms with Crippen LogP contribution in [-0.4, -0.2) is 11.7 Å². The van der Waals surface area contributed by atoms with Gasteiger partial charge in [0.2, 0.25) is 0 Å². The monoisotopic (exact) mass is 216 g/mol. The number of Topliss-reactive ketones (excluding diaryl/α,β-unsaturated/α-hetero) is 1. The van der Waals surface area contributed by atoms with Gasteiger partial charge in [0, 0.05) is 5.92 Å². The molecule has 2 heteroatoms. The van der Waals surface area contributed by atoms with Gasteiger partial charge < -0.3 is 0 Å². The number of hydrogen-bond acceptors (Lipinski definition) is 1. The highest BCUT2D eigenvalue weighted by atomic mass is 35.5. The van der Waals surface area contributed by atoms with Crippen LogP contribution in [0, 0.1) is 11.8 Å². The summed E-state index contributed by atoms with van der Waals surface area (Å²) in [5.74, 6) is 1.38. The van der Waals surface area contributed by atoms with E-state index in [-0.39, 0.29) is 17.6 Å². The number of hydrogen-bond donors (Lipinski definition) is 0. The number of rotatable bonds is 5. The summed E-state index contributed by atoms with van der Waals surface area (Å²) in [7, 11) is 0. The number of halogens is 1. The summed E-state index contributed by atoms with van der Waals surface area (Å²) in [4.78, 5) is 11.7. The van der Waals surface area contributed by atoms with Gasteiger partial charge in [0.05, 0.1) is 5.88 Å². The number of carbonyl (C=O) groups is 1. The minimum absolute atomic E-state index is 0.209. The lowest BCUT2D eigenvalue weighted by Crippen LogP contribution is -2.26. The molecule has 0 N–H and O–H groups in total. The van der Waals surface area contributed by atoms with Gasteiger partial charge in [0.1, 0.15) is 0 Å². The summed E-state index contributed by atoms with van der Waals surface area (Å²) in [6, 6.07) is 0. The van der Waals surface area contributed by atoms with Crippen LogP contribution in [0.3, 0.4) is 0 Å². The Morgan fingerprint density at radius 2 is 2.00 bits per heavy atom. The van der Waals surface area contributed by atoms with Crippen LogP contribution in [0.25, 0.3) is 0 Å². The van der Waals surface area contributed by atoms with Gasteiger partial charge in [-0.3, -0.25) is 4.79 Å². The van der Waals surface area contributed by atoms with E-state index in [2.05, 4.69) is 6.92 Å². The summed E-state index contributed by atoms with van der Waals surface area (Å²) in [5, 5.41) is 0. The lowest BCUT2D eigenvalue weighted by Gasteiger charge is -2.28. The zero-order chi connectivity index (χ0) is 10.4. The van der Waals surface area contributed by atoms with E-state index in [0.29, 0.717) is 5.92 Å². The fraction of sp³-hybridized carbons (Fsp3) is 0.917. The Labute approximate surface area is 92.2 Å². The summed E-state index contributed by atoms with van der Waals surface area (Å²) >= 11 is 5.65. The molecule has 1 nitrogen and oxygen atoms in total. The van der Waals surface area contributed by atoms with Crippen molar-refractivity contribution in [1.29, 1.82) is 0 Å². The smallest absolute Gasteiger partial charge is 0.150 e. The van der Waals surface area contributed by atoms with E-state index in [0.717, 1.165) is 12.8 Å². The SMILES string of the molecule is CCCC(C(=O)CCl)C1CCCCC1. The third kappa shape index (κ3) is 3.27. The highest BCUT2D eigenvalue weighted by Crippen LogP contribution is 2.33. The van der Waals surface area contributed by atoms with Crippen LogP contribution in [0.4, 0.5) is 0 Å². The highest BCUT2D eigenvalue weighted by Gasteiger charge is 2.27. The van der Waals surface area contributed by atoms with Crippen LogP contribution in [-0.2, 0) is 4.79 Å². The molecule has 82 valence electrons. The zero-order valence-corrected chi connectivity index (χ0v) is 9.85. The average molecular weight is 217 g/mol. The van der Waals surface area contributed by atoms with Crippen LogP contribution in [0.5, 0.6) is 0 Å². The second-order valence-corrected chi connectivity index (χ2v) is 4.66. The predicted octanol–water partition coefficient (Wildman–Crippen LogP) is 3.79. The molecule has 1 rings (SSSR count). The molecule has 0 bridgehead atoms. The lowest BCUT2D eigenvalue weighted by molar-refractivity contribution is -0.122. The van der Waals surface area contributed by atoms with Crippen LogP contribution < -0.4 is 0 Å². The van der Waals surface area contributed by atoms with Gasteiger partial charge in [-0.05, 0) is 25.2 Å². The van der Waals surface area contributed by atoms with Gasteiger partial charge in [-0.2, -0.15) is 0 Å². The second-order valence-electron chi connectivity index (χ2n) is 4.39. The molecule has 14 heavy (non-hydrogen) atoms. The Morgan fingerprint density at radius 3 is 2.50 bits per heavy atom. The molecule has 0 heterocycles. The van der Waals surface area contributed by atoms with E-state index in [1.807, 2.05) is 0 Å². The predicted molar refractivity (Wildman–Crippen MR) is 60.7 cm³/mol. The van der Waals surface area contributed by atoms with E-state index in [9.17, 15) is 4.79 Å². The number of alkyl halides is 1. The van der Waals surface area contributed by atoms with Crippen molar-refractivity contribution >= 4 is 17.4 Å². The molecule has 1 fully saturated rings. The maximum absolute atomic E-state index is 11.7. The Balaban J connectivity index is 2.50. The maximum atomic E-state index is 11.7. The van der Waals surface area contributed by atoms with Crippen molar-refractivity contribution in [2.75, 3.05) is 5.88 Å². The van der Waals surface area contributed by atoms with Crippen LogP contribution in [0.1, 0.15) is 51.9 Å². The summed E-state index contributed by atoms with van der Waals surface area (Å²) in [6.45, 7) is 2.15. The minimum atomic E-state index is 0.209. The summed E-state index contributed by atoms with van der Waals surface area (Å²) < 4.78 is 0. The van der Waals surface area contributed by atoms with Crippen molar-refractivity contribution in [3.63, 3.8) is 0 Å². The molecule has 0 aromatic rings. The Kier molecular flexibility index (Phi) is 5.54. The minimum Gasteiger partial charge on any atom is -0.298 e. The summed E-state index contributed by atoms with van der Waals surface area (Å²) in [5.41, 5.74) is 0. The second kappa shape index (κ2) is 6.44. The highest BCUT2D eigenvalue weighted by molar-refractivity contribution is 6.27. The molecule has 0 aromatic heterocycles. The van der Waals surface area contributed by atoms with Crippen molar-refractivity contribution in [3.8, 4) is 0 Å². The Bertz CT molecular complexity index is 173. The van der Waals surface area contributed by atoms with Gasteiger partial charge in [0.15, 0.2) is 5.78 Å². The first-order chi connectivity index (χ1) is 6.79. The maximum Gasteiger partial charge on any atom is 0.150 e. The van der Waals surface area contributed by atoms with Gasteiger partial charge >= 0.3 is 0 Å². The lowest BCUT2D eigenvalue weighted by atomic mass is 9.76. The zero-order valence-electron chi connectivity index (χ0n) is 9.10. The average Bonchev–Trinajstić information content (AvgIpc) is 2.26. The Morgan fingerprint density at radius 1 is 1.36 bits per heavy atom. The van der Waals surface area contributed by atoms with Gasteiger partial charge in [-0.15, -0.1) is 11.6 Å². The molecule has 0 amide bonds. The fourth-order valence-corrected chi connectivity index (χ4v) is 2.80. The molecule has 1 atom stereocenters. The first-order valence-corrected chi connectivity index (χ1v) is 6.41. The van der Waals surface area contributed by atoms with E-state index in [4.69, 9.17) is 11.6 Å². The first-order valence-electron chi connectivity index (χ1n) is 5.88. The molecule has 1 unspecified atom stereocenters. The molecule has 0 aliphatic heterocycles. The van der Waals surface area contributed by atoms with Gasteiger partial charge in [-0.1, -0.05) is 32.6 Å². The van der Waals surface area contributed by atoms with Crippen molar-refractivity contribution in [2.45, 2.75) is 51.9 Å². The van der Waals surface area contributed by atoms with E-state index >= 15 is 0 Å². The first kappa shape index (κ1) is 12.0. The van der Waals surface area contributed by atoms with Crippen molar-refractivity contribution in [2.24, 2.45) is 11.8 Å². The standard InChI is InChI=1S/C12H21ClO/c1-2-6-11(12(14)9-13)10-7-4-3-5-8-10/h10-11H,2-9H2,1H3. The van der Waals surface area contributed by atoms with Crippen LogP contribution in [0.2, 0.25) is 0 Å². The normalized spacial score (nSPS) is 20.7. The van der Waals surface area contributed by atoms with Gasteiger partial charge in [0.25, 0.3) is 0 Å². The summed E-state index contributed by atoms with van der Waals surface area (Å²) in [6.07, 6.45) is 8.59. The molecular weight excluding hydrogens is 196 g/mol. The third-order valence-corrected chi connectivity index (χ3v) is 3.63. The van der Waals surface area contributed by atoms with Crippen molar-refractivity contribution < 1.29 is 4.79 Å². The largest absolute Gasteiger partial charge is 0.298 e. The molecule has 1 aliphatic carbocycles. The van der Waals surface area contributed by atoms with Crippen molar-refractivity contribution in [1.82, 2.24) is 0 Å². The van der Waals surface area contributed by atoms with E-state index < -0.39 is 0 Å². The molecule has 0 aromatic carbocycles. The molecule has 0 saturated heterocycles. The van der Waals surface area contributed by atoms with Crippen LogP contribution in [0.15, 0.2) is 0 Å². The fourth-order valence-electron chi connectivity index (χ4n) is 2.61. The van der Waals surface area contributed by atoms with Crippen molar-refractivity contribution in [3.05, 3.63) is 0 Å². The Hall–Kier alpha value is -0.0400. The van der Waals surface area contributed by atoms with Crippen LogP contribution >= 0.6 is 11.6 Å². The molecule has 1 saturated carbocycles. The van der Waals surface area contributed by atoms with E-state index in [1.54, 1.807) is 0 Å². The topological polar surface area (TPSA) is 17.1 Å². The number of carbonyl (C=O) groups excluding carboxylic acids is 1. The third-order valence-electron chi connectivity index (χ3n) is 3.36. The molecule has 0 spiro atoms. The molecular formula is C12H21ClO. The molecule has 0 radical (unpaired) electrons.